The average Bonchev–Trinajstić information content (AvgIpc) is 2.49. The summed E-state index contributed by atoms with van der Waals surface area (Å²) in [6, 6.07) is 0.775. The molecule has 2 fully saturated rings. The van der Waals surface area contributed by atoms with Gasteiger partial charge in [-0.15, -0.1) is 24.0 Å². The monoisotopic (exact) mass is 412 g/mol. The Morgan fingerprint density at radius 2 is 1.90 bits per heavy atom. The predicted molar refractivity (Wildman–Crippen MR) is 100 cm³/mol. The second-order valence-electron chi connectivity index (χ2n) is 5.61. The summed E-state index contributed by atoms with van der Waals surface area (Å²) in [6.45, 7) is 3.98. The molecule has 1 saturated heterocycles. The molecule has 0 aromatic heterocycles. The van der Waals surface area contributed by atoms with Crippen LogP contribution in [0.3, 0.4) is 0 Å². The molecule has 0 radical (unpaired) electrons. The molecule has 2 aliphatic rings. The molecule has 20 heavy (non-hydrogen) atoms. The van der Waals surface area contributed by atoms with Gasteiger partial charge in [0.2, 0.25) is 0 Å². The molecule has 1 aliphatic carbocycles. The molecule has 0 spiro atoms. The van der Waals surface area contributed by atoms with Gasteiger partial charge in [-0.1, -0.05) is 19.3 Å². The van der Waals surface area contributed by atoms with Crippen LogP contribution in [-0.2, 0) is 0 Å². The van der Waals surface area contributed by atoms with Crippen molar-refractivity contribution in [2.45, 2.75) is 38.1 Å². The highest BCUT2D eigenvalue weighted by molar-refractivity contribution is 14.0. The molecule has 2 N–H and O–H groups in total. The summed E-state index contributed by atoms with van der Waals surface area (Å²) in [4.78, 5) is 9.25. The zero-order chi connectivity index (χ0) is 13.5. The molecule has 1 heterocycles. The predicted octanol–water partition coefficient (Wildman–Crippen LogP) is 2.23. The molecule has 0 amide bonds. The molecule has 1 saturated carbocycles. The summed E-state index contributed by atoms with van der Waals surface area (Å²) in [7, 11) is 2.24. The van der Waals surface area contributed by atoms with Crippen molar-refractivity contribution >= 4 is 41.7 Å². The Kier molecular flexibility index (Phi) is 9.28. The first-order valence-corrected chi connectivity index (χ1v) is 8.75. The standard InChI is InChI=1S/C14H28N4S.HI/c1-17(13-5-3-2-4-6-13)8-7-16-14(15)18-9-11-19-12-10-18;/h13H,2-12H2,1H3,(H2,15,16);1H. The second-order valence-corrected chi connectivity index (χ2v) is 6.84. The lowest BCUT2D eigenvalue weighted by Crippen LogP contribution is -2.43. The van der Waals surface area contributed by atoms with Gasteiger partial charge in [-0.05, 0) is 19.9 Å². The van der Waals surface area contributed by atoms with Crippen LogP contribution in [0.2, 0.25) is 0 Å². The maximum atomic E-state index is 6.06. The fraction of sp³-hybridized carbons (Fsp3) is 0.929. The molecule has 1 aliphatic heterocycles. The van der Waals surface area contributed by atoms with Gasteiger partial charge in [-0.3, -0.25) is 4.99 Å². The third-order valence-electron chi connectivity index (χ3n) is 4.26. The summed E-state index contributed by atoms with van der Waals surface area (Å²) in [6.07, 6.45) is 6.93. The Labute approximate surface area is 144 Å². The van der Waals surface area contributed by atoms with Gasteiger partial charge >= 0.3 is 0 Å². The summed E-state index contributed by atoms with van der Waals surface area (Å²) in [5.74, 6) is 3.11. The van der Waals surface area contributed by atoms with Crippen LogP contribution in [0.15, 0.2) is 4.99 Å². The average molecular weight is 412 g/mol. The van der Waals surface area contributed by atoms with Gasteiger partial charge in [0, 0.05) is 37.2 Å². The quantitative estimate of drug-likeness (QED) is 0.437. The number of likely N-dealkylation sites (N-methyl/N-ethyl adjacent to an activating group) is 1. The van der Waals surface area contributed by atoms with Crippen LogP contribution in [0.5, 0.6) is 0 Å². The van der Waals surface area contributed by atoms with Crippen LogP contribution in [0.25, 0.3) is 0 Å². The van der Waals surface area contributed by atoms with Crippen molar-refractivity contribution in [1.29, 1.82) is 0 Å². The fourth-order valence-electron chi connectivity index (χ4n) is 2.92. The third kappa shape index (κ3) is 5.97. The van der Waals surface area contributed by atoms with Crippen LogP contribution in [-0.4, -0.2) is 66.5 Å². The number of thioether (sulfide) groups is 1. The van der Waals surface area contributed by atoms with E-state index < -0.39 is 0 Å². The van der Waals surface area contributed by atoms with Crippen molar-refractivity contribution in [2.24, 2.45) is 10.7 Å². The second kappa shape index (κ2) is 10.1. The number of hydrogen-bond acceptors (Lipinski definition) is 3. The van der Waals surface area contributed by atoms with E-state index in [1.54, 1.807) is 0 Å². The van der Waals surface area contributed by atoms with E-state index in [1.807, 2.05) is 11.8 Å². The molecule has 0 aromatic carbocycles. The highest BCUT2D eigenvalue weighted by Crippen LogP contribution is 2.21. The van der Waals surface area contributed by atoms with E-state index in [0.29, 0.717) is 0 Å². The van der Waals surface area contributed by atoms with Crippen molar-refractivity contribution in [2.75, 3.05) is 44.7 Å². The van der Waals surface area contributed by atoms with E-state index in [4.69, 9.17) is 5.73 Å². The van der Waals surface area contributed by atoms with Gasteiger partial charge in [-0.2, -0.15) is 11.8 Å². The smallest absolute Gasteiger partial charge is 0.191 e. The molecular weight excluding hydrogens is 383 g/mol. The zero-order valence-corrected chi connectivity index (χ0v) is 15.7. The molecule has 6 heteroatoms. The first-order valence-electron chi connectivity index (χ1n) is 7.60. The van der Waals surface area contributed by atoms with Gasteiger partial charge in [0.1, 0.15) is 0 Å². The van der Waals surface area contributed by atoms with Gasteiger partial charge in [-0.25, -0.2) is 0 Å². The molecule has 0 unspecified atom stereocenters. The normalized spacial score (nSPS) is 21.9. The number of nitrogens with zero attached hydrogens (tertiary/aromatic N) is 3. The minimum absolute atomic E-state index is 0. The Bertz CT molecular complexity index is 289. The van der Waals surface area contributed by atoms with E-state index in [2.05, 4.69) is 21.8 Å². The van der Waals surface area contributed by atoms with E-state index >= 15 is 0 Å². The van der Waals surface area contributed by atoms with Crippen molar-refractivity contribution in [3.63, 3.8) is 0 Å². The maximum Gasteiger partial charge on any atom is 0.191 e. The summed E-state index contributed by atoms with van der Waals surface area (Å²) < 4.78 is 0. The van der Waals surface area contributed by atoms with Crippen molar-refractivity contribution in [1.82, 2.24) is 9.80 Å². The highest BCUT2D eigenvalue weighted by Gasteiger charge is 2.17. The molecule has 0 atom stereocenters. The zero-order valence-electron chi connectivity index (χ0n) is 12.6. The summed E-state index contributed by atoms with van der Waals surface area (Å²) in [5.41, 5.74) is 6.06. The molecule has 118 valence electrons. The number of guanidine groups is 1. The minimum atomic E-state index is 0. The first-order chi connectivity index (χ1) is 9.27. The van der Waals surface area contributed by atoms with Gasteiger partial charge in [0.15, 0.2) is 5.96 Å². The fourth-order valence-corrected chi connectivity index (χ4v) is 3.82. The van der Waals surface area contributed by atoms with Gasteiger partial charge < -0.3 is 15.5 Å². The van der Waals surface area contributed by atoms with Gasteiger partial charge in [0.25, 0.3) is 0 Å². The maximum absolute atomic E-state index is 6.06. The number of halogens is 1. The number of nitrogens with two attached hydrogens (primary N) is 1. The van der Waals surface area contributed by atoms with Crippen molar-refractivity contribution < 1.29 is 0 Å². The Morgan fingerprint density at radius 1 is 1.25 bits per heavy atom. The summed E-state index contributed by atoms with van der Waals surface area (Å²) >= 11 is 2.00. The summed E-state index contributed by atoms with van der Waals surface area (Å²) in [5, 5.41) is 0. The molecule has 4 nitrogen and oxygen atoms in total. The number of aliphatic imine (C=N–C) groups is 1. The van der Waals surface area contributed by atoms with Gasteiger partial charge in [0.05, 0.1) is 6.54 Å². The number of rotatable bonds is 4. The Balaban J connectivity index is 0.00000200. The first kappa shape index (κ1) is 18.4. The lowest BCUT2D eigenvalue weighted by atomic mass is 9.94. The Hall–Kier alpha value is 0.310. The lowest BCUT2D eigenvalue weighted by molar-refractivity contribution is 0.196. The lowest BCUT2D eigenvalue weighted by Gasteiger charge is -2.31. The van der Waals surface area contributed by atoms with Crippen LogP contribution in [0.1, 0.15) is 32.1 Å². The van der Waals surface area contributed by atoms with E-state index in [0.717, 1.165) is 38.2 Å². The number of hydrogen-bond donors (Lipinski definition) is 1. The van der Waals surface area contributed by atoms with E-state index in [9.17, 15) is 0 Å². The molecule has 0 bridgehead atoms. The SMILES string of the molecule is CN(CCN=C(N)N1CCSCC1)C1CCCCC1.I. The van der Waals surface area contributed by atoms with E-state index in [1.165, 1.54) is 43.6 Å². The van der Waals surface area contributed by atoms with Crippen LogP contribution < -0.4 is 5.73 Å². The third-order valence-corrected chi connectivity index (χ3v) is 5.20. The minimum Gasteiger partial charge on any atom is -0.370 e. The highest BCUT2D eigenvalue weighted by atomic mass is 127. The Morgan fingerprint density at radius 3 is 2.55 bits per heavy atom. The van der Waals surface area contributed by atoms with E-state index in [-0.39, 0.29) is 24.0 Å². The largest absolute Gasteiger partial charge is 0.370 e. The molecule has 0 aromatic rings. The van der Waals surface area contributed by atoms with Crippen LogP contribution in [0.4, 0.5) is 0 Å². The molecule has 2 rings (SSSR count). The topological polar surface area (TPSA) is 44.9 Å². The van der Waals surface area contributed by atoms with Crippen LogP contribution in [0, 0.1) is 0 Å². The van der Waals surface area contributed by atoms with Crippen molar-refractivity contribution in [3.8, 4) is 0 Å². The molecular formula is C14H29IN4S. The van der Waals surface area contributed by atoms with Crippen molar-refractivity contribution in [3.05, 3.63) is 0 Å². The van der Waals surface area contributed by atoms with Crippen LogP contribution >= 0.6 is 35.7 Å².